The van der Waals surface area contributed by atoms with Crippen molar-refractivity contribution in [3.8, 4) is 11.8 Å². The maximum Gasteiger partial charge on any atom is 0.253 e. The zero-order chi connectivity index (χ0) is 20.9. The van der Waals surface area contributed by atoms with Gasteiger partial charge in [-0.25, -0.2) is 4.98 Å². The second kappa shape index (κ2) is 8.83. The molecule has 1 aliphatic heterocycles. The summed E-state index contributed by atoms with van der Waals surface area (Å²) in [5.74, 6) is 0.830. The summed E-state index contributed by atoms with van der Waals surface area (Å²) >= 11 is 0. The van der Waals surface area contributed by atoms with Crippen LogP contribution in [-0.2, 0) is 0 Å². The highest BCUT2D eigenvalue weighted by Crippen LogP contribution is 2.26. The fourth-order valence-electron chi connectivity index (χ4n) is 3.84. The van der Waals surface area contributed by atoms with Gasteiger partial charge in [0.2, 0.25) is 0 Å². The number of aromatic nitrogens is 1. The van der Waals surface area contributed by atoms with Gasteiger partial charge in [0.15, 0.2) is 0 Å². The molecular weight excluding hydrogens is 376 g/mol. The Morgan fingerprint density at radius 3 is 2.63 bits per heavy atom. The summed E-state index contributed by atoms with van der Waals surface area (Å²) in [4.78, 5) is 19.1. The molecule has 0 saturated carbocycles. The van der Waals surface area contributed by atoms with Crippen molar-refractivity contribution in [1.29, 1.82) is 5.26 Å². The first-order valence-corrected chi connectivity index (χ1v) is 10.3. The highest BCUT2D eigenvalue weighted by atomic mass is 16.5. The fraction of sp³-hybridized carbons (Fsp3) is 0.292. The van der Waals surface area contributed by atoms with E-state index in [0.717, 1.165) is 35.2 Å². The summed E-state index contributed by atoms with van der Waals surface area (Å²) in [5, 5.41) is 13.9. The number of amides is 1. The number of pyridine rings is 1. The third-order valence-electron chi connectivity index (χ3n) is 5.38. The van der Waals surface area contributed by atoms with Crippen molar-refractivity contribution in [1.82, 2.24) is 9.88 Å². The number of nitrogens with one attached hydrogen (secondary N) is 1. The number of para-hydroxylation sites is 1. The molecule has 1 aliphatic rings. The Morgan fingerprint density at radius 2 is 1.93 bits per heavy atom. The molecule has 4 rings (SSSR count). The summed E-state index contributed by atoms with van der Waals surface area (Å²) in [6.07, 6.45) is 1.70. The molecular formula is C24H24N4O2. The summed E-state index contributed by atoms with van der Waals surface area (Å²) in [5.41, 5.74) is 2.82. The largest absolute Gasteiger partial charge is 0.494 e. The second-order valence-corrected chi connectivity index (χ2v) is 7.35. The average Bonchev–Trinajstić information content (AvgIpc) is 2.80. The fourth-order valence-corrected chi connectivity index (χ4v) is 3.84. The van der Waals surface area contributed by atoms with E-state index in [0.29, 0.717) is 31.0 Å². The first-order chi connectivity index (χ1) is 14.7. The zero-order valence-electron chi connectivity index (χ0n) is 17.0. The van der Waals surface area contributed by atoms with E-state index >= 15 is 0 Å². The normalized spacial score (nSPS) is 14.3. The summed E-state index contributed by atoms with van der Waals surface area (Å²) in [6.45, 7) is 3.93. The molecule has 0 unspecified atom stereocenters. The number of nitriles is 1. The SMILES string of the molecule is CCOc1ccc(C(=O)N2CCC(Nc3cc(C#N)nc4ccccc34)CC2)cc1. The number of carbonyl (C=O) groups is 1. The number of likely N-dealkylation sites (tertiary alicyclic amines) is 1. The number of rotatable bonds is 5. The number of hydrogen-bond donors (Lipinski definition) is 1. The quantitative estimate of drug-likeness (QED) is 0.694. The van der Waals surface area contributed by atoms with Gasteiger partial charge >= 0.3 is 0 Å². The predicted molar refractivity (Wildman–Crippen MR) is 117 cm³/mol. The predicted octanol–water partition coefficient (Wildman–Crippen LogP) is 4.22. The minimum Gasteiger partial charge on any atom is -0.494 e. The highest BCUT2D eigenvalue weighted by Gasteiger charge is 2.24. The van der Waals surface area contributed by atoms with Crippen LogP contribution in [0.1, 0.15) is 35.8 Å². The van der Waals surface area contributed by atoms with Crippen LogP contribution in [0.2, 0.25) is 0 Å². The first kappa shape index (κ1) is 19.7. The van der Waals surface area contributed by atoms with E-state index in [1.54, 1.807) is 6.07 Å². The van der Waals surface area contributed by atoms with Crippen LogP contribution in [0.25, 0.3) is 10.9 Å². The molecule has 1 aromatic heterocycles. The van der Waals surface area contributed by atoms with Gasteiger partial charge in [0.25, 0.3) is 5.91 Å². The third-order valence-corrected chi connectivity index (χ3v) is 5.38. The Hall–Kier alpha value is -3.59. The van der Waals surface area contributed by atoms with Crippen LogP contribution in [0.15, 0.2) is 54.6 Å². The van der Waals surface area contributed by atoms with E-state index in [-0.39, 0.29) is 11.9 Å². The van der Waals surface area contributed by atoms with Gasteiger partial charge in [-0.15, -0.1) is 0 Å². The molecule has 3 aromatic rings. The van der Waals surface area contributed by atoms with Crippen molar-refractivity contribution >= 4 is 22.5 Å². The van der Waals surface area contributed by atoms with Crippen molar-refractivity contribution in [3.05, 3.63) is 65.9 Å². The molecule has 1 saturated heterocycles. The Kier molecular flexibility index (Phi) is 5.80. The number of carbonyl (C=O) groups excluding carboxylic acids is 1. The molecule has 6 heteroatoms. The van der Waals surface area contributed by atoms with Crippen LogP contribution in [-0.4, -0.2) is 41.5 Å². The van der Waals surface area contributed by atoms with Crippen molar-refractivity contribution in [2.75, 3.05) is 25.0 Å². The molecule has 0 spiro atoms. The summed E-state index contributed by atoms with van der Waals surface area (Å²) in [7, 11) is 0. The minimum absolute atomic E-state index is 0.0534. The van der Waals surface area contributed by atoms with E-state index in [9.17, 15) is 10.1 Å². The maximum atomic E-state index is 12.8. The van der Waals surface area contributed by atoms with Gasteiger partial charge in [0.05, 0.1) is 12.1 Å². The lowest BCUT2D eigenvalue weighted by Gasteiger charge is -2.33. The standard InChI is InChI=1S/C24H24N4O2/c1-2-30-20-9-7-17(8-10-20)24(29)28-13-11-18(12-14-28)26-23-15-19(16-25)27-22-6-4-3-5-21(22)23/h3-10,15,18H,2,11-14H2,1H3,(H,26,27). The monoisotopic (exact) mass is 400 g/mol. The molecule has 2 heterocycles. The van der Waals surface area contributed by atoms with Crippen LogP contribution < -0.4 is 10.1 Å². The van der Waals surface area contributed by atoms with Crippen LogP contribution >= 0.6 is 0 Å². The Labute approximate surface area is 176 Å². The number of anilines is 1. The van der Waals surface area contributed by atoms with Gasteiger partial charge in [-0.05, 0) is 56.2 Å². The summed E-state index contributed by atoms with van der Waals surface area (Å²) in [6, 6.07) is 19.3. The maximum absolute atomic E-state index is 12.8. The van der Waals surface area contributed by atoms with E-state index < -0.39 is 0 Å². The smallest absolute Gasteiger partial charge is 0.253 e. The van der Waals surface area contributed by atoms with Crippen molar-refractivity contribution in [2.45, 2.75) is 25.8 Å². The number of nitrogens with zero attached hydrogens (tertiary/aromatic N) is 3. The molecule has 0 bridgehead atoms. The molecule has 1 fully saturated rings. The van der Waals surface area contributed by atoms with Crippen LogP contribution in [0.4, 0.5) is 5.69 Å². The lowest BCUT2D eigenvalue weighted by molar-refractivity contribution is 0.0718. The number of ether oxygens (including phenoxy) is 1. The van der Waals surface area contributed by atoms with E-state index in [1.165, 1.54) is 0 Å². The highest BCUT2D eigenvalue weighted by molar-refractivity contribution is 5.94. The van der Waals surface area contributed by atoms with Gasteiger partial charge in [-0.1, -0.05) is 18.2 Å². The first-order valence-electron chi connectivity index (χ1n) is 10.3. The van der Waals surface area contributed by atoms with Crippen LogP contribution in [0, 0.1) is 11.3 Å². The molecule has 2 aromatic carbocycles. The number of benzene rings is 2. The van der Waals surface area contributed by atoms with Gasteiger partial charge in [-0.2, -0.15) is 5.26 Å². The van der Waals surface area contributed by atoms with Crippen molar-refractivity contribution in [2.24, 2.45) is 0 Å². The number of hydrogen-bond acceptors (Lipinski definition) is 5. The van der Waals surface area contributed by atoms with Gasteiger partial charge < -0.3 is 15.0 Å². The Bertz CT molecular complexity index is 1080. The molecule has 1 amide bonds. The zero-order valence-corrected chi connectivity index (χ0v) is 17.0. The molecule has 30 heavy (non-hydrogen) atoms. The van der Waals surface area contributed by atoms with E-state index in [1.807, 2.05) is 60.4 Å². The van der Waals surface area contributed by atoms with E-state index in [4.69, 9.17) is 4.74 Å². The van der Waals surface area contributed by atoms with Crippen molar-refractivity contribution in [3.63, 3.8) is 0 Å². The molecule has 152 valence electrons. The minimum atomic E-state index is 0.0534. The molecule has 0 atom stereocenters. The average molecular weight is 400 g/mol. The second-order valence-electron chi connectivity index (χ2n) is 7.35. The third kappa shape index (κ3) is 4.20. The van der Waals surface area contributed by atoms with Gasteiger partial charge in [0.1, 0.15) is 17.5 Å². The molecule has 0 aliphatic carbocycles. The lowest BCUT2D eigenvalue weighted by Crippen LogP contribution is -2.42. The topological polar surface area (TPSA) is 78.2 Å². The summed E-state index contributed by atoms with van der Waals surface area (Å²) < 4.78 is 5.45. The number of piperidine rings is 1. The van der Waals surface area contributed by atoms with Crippen LogP contribution in [0.5, 0.6) is 5.75 Å². The Balaban J connectivity index is 1.41. The van der Waals surface area contributed by atoms with Gasteiger partial charge in [0, 0.05) is 35.8 Å². The van der Waals surface area contributed by atoms with Crippen molar-refractivity contribution < 1.29 is 9.53 Å². The van der Waals surface area contributed by atoms with Crippen LogP contribution in [0.3, 0.4) is 0 Å². The van der Waals surface area contributed by atoms with Gasteiger partial charge in [-0.3, -0.25) is 4.79 Å². The molecule has 0 radical (unpaired) electrons. The molecule has 6 nitrogen and oxygen atoms in total. The van der Waals surface area contributed by atoms with E-state index in [2.05, 4.69) is 16.4 Å². The molecule has 1 N–H and O–H groups in total. The Morgan fingerprint density at radius 1 is 1.20 bits per heavy atom. The lowest BCUT2D eigenvalue weighted by atomic mass is 10.0. The number of fused-ring (bicyclic) bond motifs is 1.